The molecule has 2 aromatic rings. The highest BCUT2D eigenvalue weighted by Crippen LogP contribution is 2.33. The van der Waals surface area contributed by atoms with E-state index in [2.05, 4.69) is 15.3 Å². The number of nitrogens with zero attached hydrogens (tertiary/aromatic N) is 3. The molecule has 0 atom stereocenters. The third-order valence-electron chi connectivity index (χ3n) is 4.34. The zero-order valence-electron chi connectivity index (χ0n) is 15.5. The van der Waals surface area contributed by atoms with E-state index in [0.717, 1.165) is 11.1 Å². The number of benzene rings is 2. The van der Waals surface area contributed by atoms with Gasteiger partial charge in [-0.2, -0.15) is 0 Å². The highest BCUT2D eigenvalue weighted by molar-refractivity contribution is 6.15. The maximum atomic E-state index is 12.5. The van der Waals surface area contributed by atoms with Crippen LogP contribution in [0.5, 0.6) is 11.5 Å². The number of ether oxygens (including phenoxy) is 2. The normalized spacial score (nSPS) is 18.5. The van der Waals surface area contributed by atoms with Gasteiger partial charge in [0.25, 0.3) is 5.91 Å². The van der Waals surface area contributed by atoms with Crippen molar-refractivity contribution in [3.8, 4) is 11.5 Å². The van der Waals surface area contributed by atoms with Gasteiger partial charge >= 0.3 is 0 Å². The summed E-state index contributed by atoms with van der Waals surface area (Å²) in [6, 6.07) is 15.5. The molecule has 2 heterocycles. The van der Waals surface area contributed by atoms with Crippen LogP contribution in [0.15, 0.2) is 64.2 Å². The Morgan fingerprint density at radius 1 is 1.07 bits per heavy atom. The number of carbonyl (C=O) groups excluding carboxylic acids is 1. The van der Waals surface area contributed by atoms with Crippen molar-refractivity contribution in [2.45, 2.75) is 0 Å². The minimum Gasteiger partial charge on any atom is -0.454 e. The molecule has 0 bridgehead atoms. The van der Waals surface area contributed by atoms with Gasteiger partial charge in [0.2, 0.25) is 12.8 Å². The number of carbonyl (C=O) groups is 1. The predicted octanol–water partition coefficient (Wildman–Crippen LogP) is 2.29. The number of fused-ring (bicyclic) bond motifs is 1. The molecule has 2 aromatic carbocycles. The Bertz CT molecular complexity index is 967. The molecule has 0 saturated carbocycles. The summed E-state index contributed by atoms with van der Waals surface area (Å²) >= 11 is 0. The van der Waals surface area contributed by atoms with Crippen LogP contribution in [-0.4, -0.2) is 49.9 Å². The van der Waals surface area contributed by atoms with Crippen LogP contribution in [0.3, 0.4) is 0 Å². The molecule has 4 rings (SSSR count). The minimum atomic E-state index is -0.135. The lowest BCUT2D eigenvalue weighted by Gasteiger charge is -2.06. The van der Waals surface area contributed by atoms with Crippen LogP contribution in [0.2, 0.25) is 0 Å². The molecule has 7 nitrogen and oxygen atoms in total. The SMILES string of the molecule is CN1C(=O)/C(=C/c2ccc3c(c2)OCO3)NC1=NCCN=Cc1ccccc1. The minimum absolute atomic E-state index is 0.135. The van der Waals surface area contributed by atoms with E-state index >= 15 is 0 Å². The van der Waals surface area contributed by atoms with Gasteiger partial charge < -0.3 is 14.8 Å². The maximum absolute atomic E-state index is 12.5. The second-order valence-corrected chi connectivity index (χ2v) is 6.31. The van der Waals surface area contributed by atoms with Gasteiger partial charge in [0.1, 0.15) is 5.70 Å². The first-order chi connectivity index (χ1) is 13.7. The van der Waals surface area contributed by atoms with Crippen molar-refractivity contribution >= 4 is 24.2 Å². The molecule has 1 amide bonds. The molecule has 28 heavy (non-hydrogen) atoms. The fourth-order valence-electron chi connectivity index (χ4n) is 2.87. The number of rotatable bonds is 5. The Balaban J connectivity index is 1.39. The van der Waals surface area contributed by atoms with Crippen molar-refractivity contribution in [3.63, 3.8) is 0 Å². The van der Waals surface area contributed by atoms with Crippen LogP contribution in [0.4, 0.5) is 0 Å². The zero-order chi connectivity index (χ0) is 19.3. The Hall–Kier alpha value is -3.61. The van der Waals surface area contributed by atoms with Gasteiger partial charge in [-0.05, 0) is 29.3 Å². The number of amides is 1. The fourth-order valence-corrected chi connectivity index (χ4v) is 2.87. The second-order valence-electron chi connectivity index (χ2n) is 6.31. The summed E-state index contributed by atoms with van der Waals surface area (Å²) in [6.45, 7) is 1.25. The van der Waals surface area contributed by atoms with E-state index < -0.39 is 0 Å². The van der Waals surface area contributed by atoms with Crippen molar-refractivity contribution < 1.29 is 14.3 Å². The van der Waals surface area contributed by atoms with Gasteiger partial charge in [-0.3, -0.25) is 19.7 Å². The average molecular weight is 376 g/mol. The summed E-state index contributed by atoms with van der Waals surface area (Å²) in [5.41, 5.74) is 2.37. The van der Waals surface area contributed by atoms with Crippen LogP contribution >= 0.6 is 0 Å². The van der Waals surface area contributed by atoms with Crippen molar-refractivity contribution in [3.05, 3.63) is 65.4 Å². The summed E-state index contributed by atoms with van der Waals surface area (Å²) in [5.74, 6) is 1.78. The molecule has 0 spiro atoms. The van der Waals surface area contributed by atoms with Gasteiger partial charge in [-0.15, -0.1) is 0 Å². The molecule has 0 radical (unpaired) electrons. The van der Waals surface area contributed by atoms with Gasteiger partial charge in [-0.25, -0.2) is 0 Å². The Morgan fingerprint density at radius 2 is 1.89 bits per heavy atom. The summed E-state index contributed by atoms with van der Waals surface area (Å²) in [6.07, 6.45) is 3.60. The van der Waals surface area contributed by atoms with Crippen molar-refractivity contribution in [1.29, 1.82) is 0 Å². The molecule has 142 valence electrons. The van der Waals surface area contributed by atoms with E-state index in [1.807, 2.05) is 54.7 Å². The molecule has 1 fully saturated rings. The molecule has 2 aliphatic rings. The van der Waals surface area contributed by atoms with Crippen molar-refractivity contribution in [1.82, 2.24) is 10.2 Å². The number of hydrogen-bond acceptors (Lipinski definition) is 5. The number of hydrogen-bond donors (Lipinski definition) is 1. The number of guanidine groups is 1. The summed E-state index contributed by atoms with van der Waals surface area (Å²) < 4.78 is 10.7. The van der Waals surface area contributed by atoms with Crippen LogP contribution in [-0.2, 0) is 4.79 Å². The molecule has 0 aliphatic carbocycles. The lowest BCUT2D eigenvalue weighted by atomic mass is 10.1. The molecule has 7 heteroatoms. The van der Waals surface area contributed by atoms with Crippen LogP contribution in [0.1, 0.15) is 11.1 Å². The summed E-state index contributed by atoms with van der Waals surface area (Å²) in [5, 5.41) is 3.08. The first kappa shape index (κ1) is 17.8. The number of aliphatic imine (C=N–C) groups is 2. The van der Waals surface area contributed by atoms with E-state index in [4.69, 9.17) is 9.47 Å². The second kappa shape index (κ2) is 7.96. The topological polar surface area (TPSA) is 75.5 Å². The summed E-state index contributed by atoms with van der Waals surface area (Å²) in [4.78, 5) is 22.8. The van der Waals surface area contributed by atoms with Crippen LogP contribution in [0, 0.1) is 0 Å². The van der Waals surface area contributed by atoms with Gasteiger partial charge in [0, 0.05) is 13.3 Å². The monoisotopic (exact) mass is 376 g/mol. The van der Waals surface area contributed by atoms with E-state index in [1.54, 1.807) is 13.1 Å². The van der Waals surface area contributed by atoms with E-state index in [-0.39, 0.29) is 12.7 Å². The number of likely N-dealkylation sites (N-methyl/N-ethyl adjacent to an activating group) is 1. The standard InChI is InChI=1S/C21H20N4O3/c1-25-20(26)17(11-16-7-8-18-19(12-16)28-14-27-18)24-21(25)23-10-9-22-13-15-5-3-2-4-6-15/h2-8,11-13H,9-10,14H2,1H3,(H,23,24)/b17-11-,22-13?. The van der Waals surface area contributed by atoms with Crippen molar-refractivity contribution in [2.75, 3.05) is 26.9 Å². The molecular formula is C21H20N4O3. The van der Waals surface area contributed by atoms with Crippen LogP contribution < -0.4 is 14.8 Å². The smallest absolute Gasteiger partial charge is 0.276 e. The molecular weight excluding hydrogens is 356 g/mol. The molecule has 1 N–H and O–H groups in total. The maximum Gasteiger partial charge on any atom is 0.276 e. The quantitative estimate of drug-likeness (QED) is 0.494. The largest absolute Gasteiger partial charge is 0.454 e. The predicted molar refractivity (Wildman–Crippen MR) is 108 cm³/mol. The Labute approximate surface area is 163 Å². The molecule has 0 aromatic heterocycles. The fraction of sp³-hybridized carbons (Fsp3) is 0.190. The Kier molecular flexibility index (Phi) is 5.05. The highest BCUT2D eigenvalue weighted by Gasteiger charge is 2.28. The van der Waals surface area contributed by atoms with Gasteiger partial charge in [-0.1, -0.05) is 36.4 Å². The van der Waals surface area contributed by atoms with Crippen LogP contribution in [0.25, 0.3) is 6.08 Å². The highest BCUT2D eigenvalue weighted by atomic mass is 16.7. The number of nitrogens with one attached hydrogen (secondary N) is 1. The van der Waals surface area contributed by atoms with Crippen molar-refractivity contribution in [2.24, 2.45) is 9.98 Å². The molecule has 0 unspecified atom stereocenters. The third kappa shape index (κ3) is 3.88. The average Bonchev–Trinajstić information content (AvgIpc) is 3.28. The molecule has 1 saturated heterocycles. The lowest BCUT2D eigenvalue weighted by Crippen LogP contribution is -2.28. The van der Waals surface area contributed by atoms with E-state index in [1.165, 1.54) is 4.90 Å². The van der Waals surface area contributed by atoms with Gasteiger partial charge in [0.05, 0.1) is 13.1 Å². The zero-order valence-corrected chi connectivity index (χ0v) is 15.5. The Morgan fingerprint density at radius 3 is 2.75 bits per heavy atom. The third-order valence-corrected chi connectivity index (χ3v) is 4.34. The molecule has 2 aliphatic heterocycles. The van der Waals surface area contributed by atoms with Gasteiger partial charge in [0.15, 0.2) is 11.5 Å². The summed E-state index contributed by atoms with van der Waals surface area (Å²) in [7, 11) is 1.70. The van der Waals surface area contributed by atoms with E-state index in [9.17, 15) is 4.79 Å². The first-order valence-corrected chi connectivity index (χ1v) is 8.96. The first-order valence-electron chi connectivity index (χ1n) is 8.96. The van der Waals surface area contributed by atoms with E-state index in [0.29, 0.717) is 36.2 Å². The lowest BCUT2D eigenvalue weighted by molar-refractivity contribution is -0.121.